The number of benzene rings is 2. The van der Waals surface area contributed by atoms with Gasteiger partial charge >= 0.3 is 0 Å². The number of ether oxygens (including phenoxy) is 1. The number of rotatable bonds is 7. The first-order valence-electron chi connectivity index (χ1n) is 8.31. The van der Waals surface area contributed by atoms with Crippen LogP contribution in [0.5, 0.6) is 5.75 Å². The highest BCUT2D eigenvalue weighted by atomic mass is 79.9. The Morgan fingerprint density at radius 3 is 2.71 bits per heavy atom. The average Bonchev–Trinajstić information content (AvgIpc) is 3.11. The van der Waals surface area contributed by atoms with Gasteiger partial charge in [0.25, 0.3) is 11.1 Å². The zero-order chi connectivity index (χ0) is 20.1. The Morgan fingerprint density at radius 1 is 1.25 bits per heavy atom. The fourth-order valence-corrected chi connectivity index (χ4v) is 3.42. The predicted octanol–water partition coefficient (Wildman–Crippen LogP) is 5.41. The van der Waals surface area contributed by atoms with Gasteiger partial charge in [-0.05, 0) is 59.1 Å². The summed E-state index contributed by atoms with van der Waals surface area (Å²) in [5, 5.41) is 11.5. The molecular weight excluding hydrogens is 466 g/mol. The fourth-order valence-electron chi connectivity index (χ4n) is 2.41. The highest BCUT2D eigenvalue weighted by Crippen LogP contribution is 2.26. The Morgan fingerprint density at radius 2 is 2.00 bits per heavy atom. The molecule has 1 amide bonds. The third kappa shape index (κ3) is 5.50. The molecule has 0 spiro atoms. The van der Waals surface area contributed by atoms with Crippen molar-refractivity contribution in [3.8, 4) is 5.75 Å². The summed E-state index contributed by atoms with van der Waals surface area (Å²) >= 11 is 10.5. The van der Waals surface area contributed by atoms with E-state index in [1.54, 1.807) is 18.2 Å². The number of hydrogen-bond donors (Lipinski definition) is 1. The Hall–Kier alpha value is -2.03. The molecule has 0 aliphatic carbocycles. The van der Waals surface area contributed by atoms with Crippen LogP contribution in [0.2, 0.25) is 5.02 Å². The van der Waals surface area contributed by atoms with E-state index in [-0.39, 0.29) is 18.3 Å². The Balaban J connectivity index is 1.50. The summed E-state index contributed by atoms with van der Waals surface area (Å²) in [4.78, 5) is 12.1. The molecule has 0 unspecified atom stereocenters. The third-order valence-electron chi connectivity index (χ3n) is 3.73. The first-order valence-corrected chi connectivity index (χ1v) is 10.5. The van der Waals surface area contributed by atoms with Crippen LogP contribution in [0.1, 0.15) is 17.0 Å². The van der Waals surface area contributed by atoms with Gasteiger partial charge in [-0.2, -0.15) is 0 Å². The molecule has 0 atom stereocenters. The standard InChI is InChI=1S/C19H17BrClN3O3S/c1-11-4-3-5-12(2)18(11)26-9-17-23-24-19(27-17)28-10-16(25)22-13-6-7-14(20)15(21)8-13/h3-8H,9-10H2,1-2H3,(H,22,25). The highest BCUT2D eigenvalue weighted by molar-refractivity contribution is 9.10. The Labute approximate surface area is 180 Å². The molecule has 0 bridgehead atoms. The van der Waals surface area contributed by atoms with Crippen molar-refractivity contribution in [3.63, 3.8) is 0 Å². The summed E-state index contributed by atoms with van der Waals surface area (Å²) in [5.74, 6) is 1.09. The Bertz CT molecular complexity index is 976. The molecule has 1 N–H and O–H groups in total. The van der Waals surface area contributed by atoms with Crippen LogP contribution < -0.4 is 10.1 Å². The number of carbonyl (C=O) groups is 1. The minimum Gasteiger partial charge on any atom is -0.483 e. The number of aromatic nitrogens is 2. The predicted molar refractivity (Wildman–Crippen MR) is 113 cm³/mol. The number of thioether (sulfide) groups is 1. The number of carbonyl (C=O) groups excluding carboxylic acids is 1. The third-order valence-corrected chi connectivity index (χ3v) is 5.78. The second-order valence-electron chi connectivity index (χ2n) is 5.94. The van der Waals surface area contributed by atoms with Crippen LogP contribution in [-0.4, -0.2) is 21.9 Å². The van der Waals surface area contributed by atoms with Crippen molar-refractivity contribution >= 4 is 50.9 Å². The zero-order valence-corrected chi connectivity index (χ0v) is 18.3. The van der Waals surface area contributed by atoms with Gasteiger partial charge in [-0.3, -0.25) is 4.79 Å². The lowest BCUT2D eigenvalue weighted by Crippen LogP contribution is -2.13. The fraction of sp³-hybridized carbons (Fsp3) is 0.211. The van der Waals surface area contributed by atoms with Crippen LogP contribution >= 0.6 is 39.3 Å². The van der Waals surface area contributed by atoms with Crippen molar-refractivity contribution in [1.82, 2.24) is 10.2 Å². The van der Waals surface area contributed by atoms with Gasteiger partial charge in [0.2, 0.25) is 5.91 Å². The van der Waals surface area contributed by atoms with Crippen LogP contribution in [0.25, 0.3) is 0 Å². The van der Waals surface area contributed by atoms with Crippen molar-refractivity contribution in [2.75, 3.05) is 11.1 Å². The van der Waals surface area contributed by atoms with Gasteiger partial charge in [-0.25, -0.2) is 0 Å². The summed E-state index contributed by atoms with van der Waals surface area (Å²) < 4.78 is 12.1. The monoisotopic (exact) mass is 481 g/mol. The van der Waals surface area contributed by atoms with Crippen LogP contribution in [-0.2, 0) is 11.4 Å². The summed E-state index contributed by atoms with van der Waals surface area (Å²) in [6.45, 7) is 4.13. The van der Waals surface area contributed by atoms with E-state index in [9.17, 15) is 4.79 Å². The molecule has 0 aliphatic rings. The van der Waals surface area contributed by atoms with Crippen molar-refractivity contribution in [1.29, 1.82) is 0 Å². The van der Waals surface area contributed by atoms with Crippen molar-refractivity contribution in [2.45, 2.75) is 25.7 Å². The topological polar surface area (TPSA) is 77.2 Å². The Kier molecular flexibility index (Phi) is 6.98. The smallest absolute Gasteiger partial charge is 0.277 e. The van der Waals surface area contributed by atoms with Gasteiger partial charge in [0.05, 0.1) is 10.8 Å². The second kappa shape index (κ2) is 9.45. The number of halogens is 2. The lowest BCUT2D eigenvalue weighted by atomic mass is 10.1. The molecule has 0 saturated carbocycles. The number of aryl methyl sites for hydroxylation is 2. The molecule has 2 aromatic carbocycles. The lowest BCUT2D eigenvalue weighted by Gasteiger charge is -2.09. The minimum atomic E-state index is -0.199. The summed E-state index contributed by atoms with van der Waals surface area (Å²) in [5.41, 5.74) is 2.70. The zero-order valence-electron chi connectivity index (χ0n) is 15.2. The van der Waals surface area contributed by atoms with Gasteiger partial charge < -0.3 is 14.5 Å². The average molecular weight is 483 g/mol. The summed E-state index contributed by atoms with van der Waals surface area (Å²) in [6.07, 6.45) is 0. The van der Waals surface area contributed by atoms with E-state index < -0.39 is 0 Å². The van der Waals surface area contributed by atoms with E-state index >= 15 is 0 Å². The van der Waals surface area contributed by atoms with Gasteiger partial charge in [-0.1, -0.05) is 41.6 Å². The van der Waals surface area contributed by atoms with E-state index in [2.05, 4.69) is 31.4 Å². The molecule has 3 aromatic rings. The summed E-state index contributed by atoms with van der Waals surface area (Å²) in [7, 11) is 0. The molecule has 146 valence electrons. The van der Waals surface area contributed by atoms with Crippen LogP contribution in [0.3, 0.4) is 0 Å². The number of nitrogens with one attached hydrogen (secondary N) is 1. The molecule has 28 heavy (non-hydrogen) atoms. The second-order valence-corrected chi connectivity index (χ2v) is 8.13. The number of nitrogens with zero attached hydrogens (tertiary/aromatic N) is 2. The summed E-state index contributed by atoms with van der Waals surface area (Å²) in [6, 6.07) is 11.1. The molecule has 0 fully saturated rings. The van der Waals surface area contributed by atoms with Crippen LogP contribution in [0, 0.1) is 13.8 Å². The molecular formula is C19H17BrClN3O3S. The van der Waals surface area contributed by atoms with Crippen LogP contribution in [0.4, 0.5) is 5.69 Å². The highest BCUT2D eigenvalue weighted by Gasteiger charge is 2.12. The number of amides is 1. The number of para-hydroxylation sites is 1. The molecule has 0 aliphatic heterocycles. The minimum absolute atomic E-state index is 0.132. The maximum Gasteiger partial charge on any atom is 0.277 e. The quantitative estimate of drug-likeness (QED) is 0.454. The van der Waals surface area contributed by atoms with Gasteiger partial charge in [0, 0.05) is 10.2 Å². The lowest BCUT2D eigenvalue weighted by molar-refractivity contribution is -0.113. The van der Waals surface area contributed by atoms with Crippen LogP contribution in [0.15, 0.2) is 50.5 Å². The van der Waals surface area contributed by atoms with Crippen molar-refractivity contribution < 1.29 is 13.9 Å². The van der Waals surface area contributed by atoms with Gasteiger partial charge in [0.15, 0.2) is 6.61 Å². The van der Waals surface area contributed by atoms with E-state index in [0.29, 0.717) is 21.8 Å². The number of hydrogen-bond acceptors (Lipinski definition) is 6. The van der Waals surface area contributed by atoms with Gasteiger partial charge in [-0.15, -0.1) is 10.2 Å². The van der Waals surface area contributed by atoms with E-state index in [4.69, 9.17) is 20.8 Å². The molecule has 3 rings (SSSR count). The SMILES string of the molecule is Cc1cccc(C)c1OCc1nnc(SCC(=O)Nc2ccc(Br)c(Cl)c2)o1. The van der Waals surface area contributed by atoms with E-state index in [0.717, 1.165) is 33.1 Å². The van der Waals surface area contributed by atoms with Gasteiger partial charge in [0.1, 0.15) is 5.75 Å². The molecule has 1 heterocycles. The molecule has 6 nitrogen and oxygen atoms in total. The molecule has 1 aromatic heterocycles. The van der Waals surface area contributed by atoms with Crippen molar-refractivity contribution in [2.24, 2.45) is 0 Å². The van der Waals surface area contributed by atoms with E-state index in [1.807, 2.05) is 32.0 Å². The molecule has 9 heteroatoms. The normalized spacial score (nSPS) is 10.7. The molecule has 0 saturated heterocycles. The largest absolute Gasteiger partial charge is 0.483 e. The maximum absolute atomic E-state index is 12.1. The maximum atomic E-state index is 12.1. The van der Waals surface area contributed by atoms with E-state index in [1.165, 1.54) is 0 Å². The first-order chi connectivity index (χ1) is 13.4. The molecule has 0 radical (unpaired) electrons. The number of anilines is 1. The van der Waals surface area contributed by atoms with Crippen molar-refractivity contribution in [3.05, 3.63) is 62.9 Å². The first kappa shape index (κ1) is 20.7.